The van der Waals surface area contributed by atoms with Gasteiger partial charge in [-0.1, -0.05) is 0 Å². The number of nitrogens with zero attached hydrogens (tertiary/aromatic N) is 12. The fraction of sp³-hybridized carbons (Fsp3) is 0.350. The van der Waals surface area contributed by atoms with Gasteiger partial charge >= 0.3 is 99.4 Å². The van der Waals surface area contributed by atoms with E-state index in [1.165, 1.54) is 0 Å². The van der Waals surface area contributed by atoms with E-state index in [0.29, 0.717) is 125 Å². The molecule has 24 N–H and O–H groups in total. The SMILES string of the molecule is Nc1nc2c(c(=O)[nH]1)N1CN(c3ccc(C(=O)N[C@@H](CCC(=O)[O-])C(=O)O)cc3)CC1CN2.Nc1nc2c(c(=O)[nH]1)N1CN(c3ccc(C(=O)N[C@@H](CCC(=O)[O-])C(=O)O)cc3)CC1CN2.Nc1nc2c(c(=O)[nH]1)N1CN(c3ccc(C(=O)N[C@@H](CCC(=O)[O-])C(=O)O)cc3)CC1CN2.Nc1nc2c(c(=O)[nH]1)N1CN(c3ccc(C(=O)N[C@@H](CCC(=O)[O-])C(=O)O)cc3)CC1CN2.[Ca+2].[Ca+2]. The van der Waals surface area contributed by atoms with Crippen LogP contribution in [0.3, 0.4) is 0 Å². The minimum Gasteiger partial charge on any atom is -0.550 e. The van der Waals surface area contributed by atoms with Crippen LogP contribution in [0.15, 0.2) is 116 Å². The summed E-state index contributed by atoms with van der Waals surface area (Å²) in [5.41, 5.74) is 27.1. The molecule has 12 heterocycles. The van der Waals surface area contributed by atoms with Gasteiger partial charge in [-0.05, 0) is 148 Å². The van der Waals surface area contributed by atoms with Gasteiger partial charge in [0.15, 0.2) is 23.3 Å². The van der Waals surface area contributed by atoms with Gasteiger partial charge in [0.2, 0.25) is 23.8 Å². The number of aromatic amines is 4. The number of nitrogens with one attached hydrogen (secondary N) is 12. The second-order valence-corrected chi connectivity index (χ2v) is 31.4. The minimum atomic E-state index is -1.39. The fourth-order valence-electron chi connectivity index (χ4n) is 16.0. The van der Waals surface area contributed by atoms with Crippen molar-refractivity contribution in [1.82, 2.24) is 61.1 Å². The number of carbonyl (C=O) groups excluding carboxylic acids is 8. The van der Waals surface area contributed by atoms with Crippen LogP contribution in [0.2, 0.25) is 0 Å². The van der Waals surface area contributed by atoms with Gasteiger partial charge in [-0.15, -0.1) is 0 Å². The molecular weight excluding hydrogens is 1820 g/mol. The summed E-state index contributed by atoms with van der Waals surface area (Å²) < 4.78 is 0. The molecule has 8 atom stereocenters. The number of anilines is 16. The molecule has 4 aromatic carbocycles. The second-order valence-electron chi connectivity index (χ2n) is 31.4. The van der Waals surface area contributed by atoms with Crippen LogP contribution in [0.4, 0.5) is 92.6 Å². The van der Waals surface area contributed by atoms with Crippen LogP contribution < -0.4 is 147 Å². The number of nitrogens with two attached hydrogens (primary N) is 4. The number of hydrogen-bond acceptors (Lipinski definition) is 40. The topological polar surface area (TPSA) is 787 Å². The maximum absolute atomic E-state index is 12.4. The molecule has 4 saturated heterocycles. The Morgan fingerprint density at radius 3 is 0.672 bits per heavy atom. The summed E-state index contributed by atoms with van der Waals surface area (Å²) in [5, 5.41) is 101. The van der Waals surface area contributed by atoms with Crippen molar-refractivity contribution in [3.63, 3.8) is 0 Å². The number of carboxylic acids is 8. The van der Waals surface area contributed by atoms with Gasteiger partial charge in [-0.3, -0.25) is 58.3 Å². The fourth-order valence-corrected chi connectivity index (χ4v) is 16.0. The molecule has 8 aliphatic heterocycles. The molecule has 54 heteroatoms. The molecule has 8 aliphatic rings. The smallest absolute Gasteiger partial charge is 0.550 e. The van der Waals surface area contributed by atoms with Crippen LogP contribution in [0.25, 0.3) is 0 Å². The first-order chi connectivity index (χ1) is 62.9. The summed E-state index contributed by atoms with van der Waals surface area (Å²) in [6.07, 6.45) is -3.03. The Hall–Kier alpha value is -14.6. The van der Waals surface area contributed by atoms with Crippen LogP contribution in [-0.2, 0) is 38.4 Å². The Bertz CT molecular complexity index is 5330. The molecule has 696 valence electrons. The molecule has 4 fully saturated rings. The van der Waals surface area contributed by atoms with E-state index in [0.717, 1.165) is 22.7 Å². The molecule has 0 saturated carbocycles. The van der Waals surface area contributed by atoms with E-state index in [2.05, 4.69) is 82.4 Å². The van der Waals surface area contributed by atoms with E-state index in [4.69, 9.17) is 22.9 Å². The summed E-state index contributed by atoms with van der Waals surface area (Å²) >= 11 is 0. The van der Waals surface area contributed by atoms with Crippen molar-refractivity contribution in [2.45, 2.75) is 99.7 Å². The predicted molar refractivity (Wildman–Crippen MR) is 475 cm³/mol. The van der Waals surface area contributed by atoms with Gasteiger partial charge in [0.05, 0.1) is 50.8 Å². The van der Waals surface area contributed by atoms with Crippen LogP contribution in [-0.4, -0.2) is 335 Å². The van der Waals surface area contributed by atoms with E-state index in [9.17, 15) is 118 Å². The van der Waals surface area contributed by atoms with Crippen molar-refractivity contribution in [3.8, 4) is 0 Å². The van der Waals surface area contributed by atoms with E-state index >= 15 is 0 Å². The molecule has 52 nitrogen and oxygen atoms in total. The Kier molecular flexibility index (Phi) is 32.5. The average molecular weight is 1910 g/mol. The van der Waals surface area contributed by atoms with Crippen LogP contribution >= 0.6 is 0 Å². The van der Waals surface area contributed by atoms with Gasteiger partial charge in [0.1, 0.15) is 46.9 Å². The Labute approximate surface area is 815 Å². The molecule has 0 spiro atoms. The third kappa shape index (κ3) is 24.0. The number of rotatable bonds is 28. The minimum absolute atomic E-state index is 0. The zero-order chi connectivity index (χ0) is 94.8. The molecule has 4 amide bonds. The number of hydrogen-bond donors (Lipinski definition) is 20. The monoisotopic (exact) mass is 1900 g/mol. The first kappa shape index (κ1) is 99.9. The first-order valence-corrected chi connectivity index (χ1v) is 40.9. The van der Waals surface area contributed by atoms with Crippen LogP contribution in [0.5, 0.6) is 0 Å². The van der Waals surface area contributed by atoms with Crippen molar-refractivity contribution in [2.75, 3.05) is 162 Å². The Morgan fingerprint density at radius 1 is 0.328 bits per heavy atom. The maximum Gasteiger partial charge on any atom is 2.00 e. The Balaban J connectivity index is 0.000000171. The van der Waals surface area contributed by atoms with Crippen molar-refractivity contribution in [2.24, 2.45) is 0 Å². The van der Waals surface area contributed by atoms with Gasteiger partial charge in [0.25, 0.3) is 45.9 Å². The van der Waals surface area contributed by atoms with Crippen LogP contribution in [0.1, 0.15) is 92.8 Å². The number of H-pyrrole nitrogens is 4. The molecule has 0 aliphatic carbocycles. The number of carboxylic acid groups (broad SMARTS) is 8. The van der Waals surface area contributed by atoms with Crippen LogP contribution in [0, 0.1) is 0 Å². The van der Waals surface area contributed by atoms with Gasteiger partial charge in [-0.25, -0.2) is 19.2 Å². The third-order valence-corrected chi connectivity index (χ3v) is 22.5. The summed E-state index contributed by atoms with van der Waals surface area (Å²) in [4.78, 5) is 229. The van der Waals surface area contributed by atoms with Crippen molar-refractivity contribution >= 4 is 239 Å². The maximum atomic E-state index is 12.4. The largest absolute Gasteiger partial charge is 2.00 e. The normalized spacial score (nSPS) is 17.3. The molecule has 8 aromatic rings. The molecule has 134 heavy (non-hydrogen) atoms. The molecule has 0 radical (unpaired) electrons. The molecule has 0 bridgehead atoms. The summed E-state index contributed by atoms with van der Waals surface area (Å²) in [7, 11) is 0. The Morgan fingerprint density at radius 2 is 0.507 bits per heavy atom. The first-order valence-electron chi connectivity index (χ1n) is 40.9. The average Bonchev–Trinajstić information content (AvgIpc) is 1.69. The molecule has 16 rings (SSSR count). The summed E-state index contributed by atoms with van der Waals surface area (Å²) in [6.45, 7) is 6.60. The number of amides is 4. The molecule has 4 aromatic heterocycles. The molecular formula is C80H88Ca2N28O24. The number of carbonyl (C=O) groups is 12. The third-order valence-electron chi connectivity index (χ3n) is 22.5. The number of nitrogen functional groups attached to an aromatic ring is 4. The van der Waals surface area contributed by atoms with E-state index < -0.39 is 121 Å². The van der Waals surface area contributed by atoms with Gasteiger partial charge < -0.3 is 165 Å². The van der Waals surface area contributed by atoms with Gasteiger partial charge in [-0.2, -0.15) is 19.9 Å². The number of benzene rings is 4. The zero-order valence-corrected chi connectivity index (χ0v) is 75.5. The van der Waals surface area contributed by atoms with Crippen molar-refractivity contribution in [1.29, 1.82) is 0 Å². The summed E-state index contributed by atoms with van der Waals surface area (Å²) in [6, 6.07) is 21.1. The summed E-state index contributed by atoms with van der Waals surface area (Å²) in [5.74, 6) is -11.4. The second kappa shape index (κ2) is 43.6. The van der Waals surface area contributed by atoms with Crippen molar-refractivity contribution in [3.05, 3.63) is 161 Å². The number of fused-ring (bicyclic) bond motifs is 12. The standard InChI is InChI=1S/4C20H23N7O6.2Ca/c4*21-20-24-16-15(18(31)25-20)27-9-26(8-12(27)7-22-16)11-3-1-10(2-4-11)17(30)23-13(19(32)33)5-6-14(28)29;;/h4*1-4,12-13H,5-9H2,(H,23,30)(H,28,29)(H,32,33)(H4,21,22,24,25,31);;/q;;;;2*+2/p-4/t4*12?,13-;;/m0000../s1. The predicted octanol–water partition coefficient (Wildman–Crippen LogP) is -8.19. The zero-order valence-electron chi connectivity index (χ0n) is 71.0. The van der Waals surface area contributed by atoms with E-state index in [1.54, 1.807) is 97.1 Å². The number of aliphatic carboxylic acids is 8. The number of aromatic nitrogens is 8. The van der Waals surface area contributed by atoms with E-state index in [1.807, 2.05) is 39.2 Å². The van der Waals surface area contributed by atoms with Crippen molar-refractivity contribution < 1.29 is 98.4 Å². The molecule has 4 unspecified atom stereocenters. The quantitative estimate of drug-likeness (QED) is 0.0203. The van der Waals surface area contributed by atoms with Gasteiger partial charge in [0, 0.05) is 121 Å². The van der Waals surface area contributed by atoms with E-state index in [-0.39, 0.29) is 194 Å².